The molecule has 0 fully saturated rings. The van der Waals surface area contributed by atoms with Gasteiger partial charge in [-0.15, -0.1) is 5.10 Å². The Morgan fingerprint density at radius 1 is 1.71 bits per heavy atom. The highest BCUT2D eigenvalue weighted by atomic mass is 19.1. The molecule has 0 bridgehead atoms. The van der Waals surface area contributed by atoms with Crippen molar-refractivity contribution in [1.82, 2.24) is 15.2 Å². The molecule has 0 unspecified atom stereocenters. The Hall–Kier alpha value is -0.930. The van der Waals surface area contributed by atoms with Gasteiger partial charge in [0, 0.05) is 0 Å². The van der Waals surface area contributed by atoms with E-state index >= 15 is 0 Å². The van der Waals surface area contributed by atoms with Crippen LogP contribution in [0.1, 0.15) is 5.82 Å². The van der Waals surface area contributed by atoms with E-state index in [2.05, 4.69) is 15.2 Å². The first-order valence-electron chi connectivity index (χ1n) is 1.83. The molecule has 1 heterocycles. The van der Waals surface area contributed by atoms with Gasteiger partial charge in [-0.25, -0.2) is 0 Å². The normalized spacial score (nSPS) is 9.43. The summed E-state index contributed by atoms with van der Waals surface area (Å²) >= 11 is 0. The molecular weight excluding hydrogens is 97.1 g/mol. The van der Waals surface area contributed by atoms with Gasteiger partial charge in [0.05, 0.1) is 0 Å². The first-order chi connectivity index (χ1) is 3.29. The third kappa shape index (κ3) is 0.734. The molecule has 1 rings (SSSR count). The molecule has 4 heteroatoms. The number of H-pyrrole nitrogens is 1. The molecule has 38 valence electrons. The SMILES string of the molecule is Cc1nc(F)n[nH]1. The van der Waals surface area contributed by atoms with Crippen LogP contribution in [-0.2, 0) is 0 Å². The lowest BCUT2D eigenvalue weighted by Gasteiger charge is -1.66. The zero-order chi connectivity index (χ0) is 5.28. The maximum atomic E-state index is 11.7. The van der Waals surface area contributed by atoms with E-state index in [-0.39, 0.29) is 0 Å². The van der Waals surface area contributed by atoms with Crippen LogP contribution in [0.15, 0.2) is 0 Å². The second-order valence-electron chi connectivity index (χ2n) is 1.19. The quantitative estimate of drug-likeness (QED) is 0.509. The fraction of sp³-hybridized carbons (Fsp3) is 0.333. The number of aromatic amines is 1. The van der Waals surface area contributed by atoms with Crippen LogP contribution in [0.4, 0.5) is 4.39 Å². The van der Waals surface area contributed by atoms with Crippen molar-refractivity contribution in [2.24, 2.45) is 0 Å². The Bertz CT molecular complexity index is 142. The second-order valence-corrected chi connectivity index (χ2v) is 1.19. The van der Waals surface area contributed by atoms with Crippen molar-refractivity contribution >= 4 is 0 Å². The summed E-state index contributed by atoms with van der Waals surface area (Å²) in [6, 6.07) is 0. The molecule has 3 nitrogen and oxygen atoms in total. The monoisotopic (exact) mass is 101 g/mol. The number of hydrogen-bond acceptors (Lipinski definition) is 2. The molecule has 0 aliphatic heterocycles. The molecule has 0 saturated heterocycles. The standard InChI is InChI=1S/C3H4FN3/c1-2-5-3(4)7-6-2/h1H3,(H,5,6,7). The number of hydrogen-bond donors (Lipinski definition) is 1. The molecule has 7 heavy (non-hydrogen) atoms. The third-order valence-corrected chi connectivity index (χ3v) is 0.570. The summed E-state index contributed by atoms with van der Waals surface area (Å²) < 4.78 is 11.7. The number of nitrogens with zero attached hydrogens (tertiary/aromatic N) is 2. The Kier molecular flexibility index (Phi) is 0.780. The first-order valence-corrected chi connectivity index (χ1v) is 1.83. The highest BCUT2D eigenvalue weighted by molar-refractivity contribution is 4.72. The average Bonchev–Trinajstić information content (AvgIpc) is 1.87. The maximum absolute atomic E-state index is 11.7. The molecular formula is C3H4FN3. The largest absolute Gasteiger partial charge is 0.327 e. The minimum absolute atomic E-state index is 0.498. The lowest BCUT2D eigenvalue weighted by atomic mass is 10.8. The van der Waals surface area contributed by atoms with Gasteiger partial charge in [0.25, 0.3) is 0 Å². The van der Waals surface area contributed by atoms with Crippen LogP contribution in [0.25, 0.3) is 0 Å². The van der Waals surface area contributed by atoms with Crippen LogP contribution in [-0.4, -0.2) is 15.2 Å². The molecule has 0 atom stereocenters. The van der Waals surface area contributed by atoms with E-state index in [4.69, 9.17) is 0 Å². The lowest BCUT2D eigenvalue weighted by Crippen LogP contribution is -1.71. The Morgan fingerprint density at radius 2 is 2.43 bits per heavy atom. The van der Waals surface area contributed by atoms with Crippen LogP contribution in [0.2, 0.25) is 0 Å². The van der Waals surface area contributed by atoms with Gasteiger partial charge in [-0.05, 0) is 6.92 Å². The van der Waals surface area contributed by atoms with Crippen LogP contribution in [0, 0.1) is 13.0 Å². The third-order valence-electron chi connectivity index (χ3n) is 0.570. The maximum Gasteiger partial charge on any atom is 0.327 e. The first kappa shape index (κ1) is 4.23. The number of rotatable bonds is 0. The van der Waals surface area contributed by atoms with Gasteiger partial charge in [-0.3, -0.25) is 5.10 Å². The van der Waals surface area contributed by atoms with Crippen molar-refractivity contribution in [3.8, 4) is 0 Å². The predicted octanol–water partition coefficient (Wildman–Crippen LogP) is 0.252. The molecule has 1 N–H and O–H groups in total. The van der Waals surface area contributed by atoms with E-state index in [0.29, 0.717) is 5.82 Å². The van der Waals surface area contributed by atoms with E-state index in [9.17, 15) is 4.39 Å². The molecule has 0 aromatic carbocycles. The van der Waals surface area contributed by atoms with Crippen molar-refractivity contribution in [3.63, 3.8) is 0 Å². The van der Waals surface area contributed by atoms with E-state index in [1.54, 1.807) is 6.92 Å². The highest BCUT2D eigenvalue weighted by Gasteiger charge is 1.90. The lowest BCUT2D eigenvalue weighted by molar-refractivity contribution is 0.544. The number of nitrogens with one attached hydrogen (secondary N) is 1. The van der Waals surface area contributed by atoms with Gasteiger partial charge in [-0.1, -0.05) is 0 Å². The minimum Gasteiger partial charge on any atom is -0.261 e. The summed E-state index contributed by atoms with van der Waals surface area (Å²) in [7, 11) is 0. The molecule has 0 aliphatic rings. The number of aromatic nitrogens is 3. The molecule has 0 amide bonds. The van der Waals surface area contributed by atoms with Crippen LogP contribution in [0.5, 0.6) is 0 Å². The van der Waals surface area contributed by atoms with Crippen LogP contribution in [0.3, 0.4) is 0 Å². The van der Waals surface area contributed by atoms with Crippen molar-refractivity contribution in [1.29, 1.82) is 0 Å². The zero-order valence-corrected chi connectivity index (χ0v) is 3.77. The van der Waals surface area contributed by atoms with Gasteiger partial charge in [0.2, 0.25) is 0 Å². The Morgan fingerprint density at radius 3 is 2.57 bits per heavy atom. The molecule has 1 aromatic rings. The number of aryl methyl sites for hydroxylation is 1. The summed E-state index contributed by atoms with van der Waals surface area (Å²) in [5.41, 5.74) is 0. The zero-order valence-electron chi connectivity index (χ0n) is 3.77. The summed E-state index contributed by atoms with van der Waals surface area (Å²) in [6.07, 6.45) is -0.697. The Labute approximate surface area is 39.6 Å². The van der Waals surface area contributed by atoms with Crippen molar-refractivity contribution in [2.75, 3.05) is 0 Å². The molecule has 0 saturated carbocycles. The second kappa shape index (κ2) is 1.29. The van der Waals surface area contributed by atoms with Gasteiger partial charge in [0.15, 0.2) is 0 Å². The summed E-state index contributed by atoms with van der Waals surface area (Å²) in [6.45, 7) is 1.64. The van der Waals surface area contributed by atoms with E-state index in [1.807, 2.05) is 0 Å². The van der Waals surface area contributed by atoms with Crippen molar-refractivity contribution < 1.29 is 4.39 Å². The summed E-state index contributed by atoms with van der Waals surface area (Å²) in [4.78, 5) is 3.28. The topological polar surface area (TPSA) is 41.6 Å². The van der Waals surface area contributed by atoms with Gasteiger partial charge in [0.1, 0.15) is 5.82 Å². The fourth-order valence-corrected chi connectivity index (χ4v) is 0.315. The summed E-state index contributed by atoms with van der Waals surface area (Å²) in [5, 5.41) is 5.45. The van der Waals surface area contributed by atoms with Crippen LogP contribution < -0.4 is 0 Å². The van der Waals surface area contributed by atoms with Gasteiger partial charge in [-0.2, -0.15) is 9.37 Å². The summed E-state index contributed by atoms with van der Waals surface area (Å²) in [5.74, 6) is 0.498. The van der Waals surface area contributed by atoms with E-state index in [0.717, 1.165) is 0 Å². The molecule has 0 radical (unpaired) electrons. The van der Waals surface area contributed by atoms with Crippen molar-refractivity contribution in [3.05, 3.63) is 11.9 Å². The van der Waals surface area contributed by atoms with Gasteiger partial charge >= 0.3 is 6.08 Å². The minimum atomic E-state index is -0.697. The fourth-order valence-electron chi connectivity index (χ4n) is 0.315. The van der Waals surface area contributed by atoms with E-state index < -0.39 is 6.08 Å². The van der Waals surface area contributed by atoms with Gasteiger partial charge < -0.3 is 0 Å². The predicted molar refractivity (Wildman–Crippen MR) is 21.1 cm³/mol. The number of halogens is 1. The van der Waals surface area contributed by atoms with E-state index in [1.165, 1.54) is 0 Å². The Balaban J connectivity index is 3.04. The van der Waals surface area contributed by atoms with Crippen molar-refractivity contribution in [2.45, 2.75) is 6.92 Å². The molecule has 0 spiro atoms. The molecule has 0 aliphatic carbocycles. The van der Waals surface area contributed by atoms with Crippen LogP contribution >= 0.6 is 0 Å². The average molecular weight is 101 g/mol. The highest BCUT2D eigenvalue weighted by Crippen LogP contribution is 1.83. The smallest absolute Gasteiger partial charge is 0.261 e. The molecule has 1 aromatic heterocycles.